The summed E-state index contributed by atoms with van der Waals surface area (Å²) in [5.41, 5.74) is 0. The Bertz CT molecular complexity index is 170. The van der Waals surface area contributed by atoms with E-state index in [2.05, 4.69) is 10.1 Å². The quantitative estimate of drug-likeness (QED) is 0.709. The molecule has 0 heterocycles. The van der Waals surface area contributed by atoms with Crippen molar-refractivity contribution < 1.29 is 14.3 Å². The van der Waals surface area contributed by atoms with Crippen LogP contribution in [0, 0.1) is 0 Å². The smallest absolute Gasteiger partial charge is 0.407 e. The third-order valence-electron chi connectivity index (χ3n) is 1.30. The largest absolute Gasteiger partial charge is 0.453 e. The van der Waals surface area contributed by atoms with Gasteiger partial charge in [-0.3, -0.25) is 4.79 Å². The average Bonchev–Trinajstić information content (AvgIpc) is 2.03. The van der Waals surface area contributed by atoms with Crippen LogP contribution in [0.2, 0.25) is 0 Å². The van der Waals surface area contributed by atoms with Gasteiger partial charge in [0.15, 0.2) is 5.78 Å². The Morgan fingerprint density at radius 1 is 1.58 bits per heavy atom. The van der Waals surface area contributed by atoms with E-state index in [1.807, 2.05) is 6.26 Å². The summed E-state index contributed by atoms with van der Waals surface area (Å²) in [5.74, 6) is 0.513. The number of carbonyl (C=O) groups is 2. The van der Waals surface area contributed by atoms with Crippen LogP contribution in [0.5, 0.6) is 0 Å². The highest BCUT2D eigenvalue weighted by atomic mass is 32.2. The van der Waals surface area contributed by atoms with Crippen molar-refractivity contribution in [3.63, 3.8) is 0 Å². The maximum absolute atomic E-state index is 10.9. The van der Waals surface area contributed by atoms with Crippen LogP contribution in [0.4, 0.5) is 4.79 Å². The van der Waals surface area contributed by atoms with Crippen LogP contribution in [0.3, 0.4) is 0 Å². The zero-order valence-corrected chi connectivity index (χ0v) is 8.23. The molecule has 0 unspecified atom stereocenters. The SMILES string of the molecule is COC(=O)N[C@@H](CSC)C(C)=O. The second kappa shape index (κ2) is 5.88. The van der Waals surface area contributed by atoms with Crippen LogP contribution in [0.25, 0.3) is 0 Å². The number of ketones is 1. The average molecular weight is 191 g/mol. The number of amides is 1. The van der Waals surface area contributed by atoms with Crippen LogP contribution in [0.1, 0.15) is 6.92 Å². The van der Waals surface area contributed by atoms with E-state index in [0.29, 0.717) is 5.75 Å². The Labute approximate surface area is 76.0 Å². The van der Waals surface area contributed by atoms with E-state index in [4.69, 9.17) is 0 Å². The summed E-state index contributed by atoms with van der Waals surface area (Å²) in [4.78, 5) is 21.6. The fourth-order valence-electron chi connectivity index (χ4n) is 0.629. The molecular weight excluding hydrogens is 178 g/mol. The minimum absolute atomic E-state index is 0.0604. The van der Waals surface area contributed by atoms with E-state index in [0.717, 1.165) is 0 Å². The molecule has 0 aliphatic heterocycles. The molecule has 0 bridgehead atoms. The second-order valence-corrected chi connectivity index (χ2v) is 3.17. The van der Waals surface area contributed by atoms with Crippen LogP contribution < -0.4 is 5.32 Å². The number of nitrogens with one attached hydrogen (secondary N) is 1. The molecular formula is C7H13NO3S. The van der Waals surface area contributed by atoms with Gasteiger partial charge in [-0.2, -0.15) is 11.8 Å². The number of hydrogen-bond acceptors (Lipinski definition) is 4. The highest BCUT2D eigenvalue weighted by Gasteiger charge is 2.15. The number of Topliss-reactive ketones (excluding diaryl/α,β-unsaturated/α-hetero) is 1. The Hall–Kier alpha value is -0.710. The molecule has 0 rings (SSSR count). The number of hydrogen-bond donors (Lipinski definition) is 1. The summed E-state index contributed by atoms with van der Waals surface area (Å²) in [6.07, 6.45) is 1.30. The van der Waals surface area contributed by atoms with Gasteiger partial charge in [0.25, 0.3) is 0 Å². The normalized spacial score (nSPS) is 11.9. The van der Waals surface area contributed by atoms with Gasteiger partial charge >= 0.3 is 6.09 Å². The lowest BCUT2D eigenvalue weighted by molar-refractivity contribution is -0.118. The number of carbonyl (C=O) groups excluding carboxylic acids is 2. The molecule has 12 heavy (non-hydrogen) atoms. The zero-order valence-electron chi connectivity index (χ0n) is 7.42. The molecule has 0 radical (unpaired) electrons. The van der Waals surface area contributed by atoms with Crippen molar-refractivity contribution in [2.24, 2.45) is 0 Å². The van der Waals surface area contributed by atoms with Crippen molar-refractivity contribution in [3.05, 3.63) is 0 Å². The third-order valence-corrected chi connectivity index (χ3v) is 1.97. The molecule has 0 aromatic carbocycles. The van der Waals surface area contributed by atoms with Crippen molar-refractivity contribution in [1.82, 2.24) is 5.32 Å². The molecule has 5 heteroatoms. The van der Waals surface area contributed by atoms with Gasteiger partial charge in [0.05, 0.1) is 13.2 Å². The lowest BCUT2D eigenvalue weighted by Crippen LogP contribution is -2.41. The first kappa shape index (κ1) is 11.3. The Morgan fingerprint density at radius 3 is 2.50 bits per heavy atom. The van der Waals surface area contributed by atoms with Gasteiger partial charge in [0.1, 0.15) is 0 Å². The van der Waals surface area contributed by atoms with Gasteiger partial charge in [-0.25, -0.2) is 4.79 Å². The Kier molecular flexibility index (Phi) is 5.53. The van der Waals surface area contributed by atoms with Crippen molar-refractivity contribution in [1.29, 1.82) is 0 Å². The summed E-state index contributed by atoms with van der Waals surface area (Å²) in [6.45, 7) is 1.44. The first-order valence-corrected chi connectivity index (χ1v) is 4.85. The molecule has 0 aliphatic carbocycles. The molecule has 0 aromatic rings. The molecule has 0 aromatic heterocycles. The predicted octanol–water partition coefficient (Wildman–Crippen LogP) is 0.663. The monoisotopic (exact) mass is 191 g/mol. The van der Waals surface area contributed by atoms with Crippen LogP contribution in [-0.4, -0.2) is 37.0 Å². The zero-order chi connectivity index (χ0) is 9.56. The van der Waals surface area contributed by atoms with E-state index >= 15 is 0 Å². The van der Waals surface area contributed by atoms with Gasteiger partial charge in [-0.1, -0.05) is 0 Å². The fourth-order valence-corrected chi connectivity index (χ4v) is 1.28. The summed E-state index contributed by atoms with van der Waals surface area (Å²) < 4.78 is 4.37. The molecule has 0 saturated heterocycles. The van der Waals surface area contributed by atoms with E-state index in [9.17, 15) is 9.59 Å². The highest BCUT2D eigenvalue weighted by molar-refractivity contribution is 7.98. The molecule has 1 N–H and O–H groups in total. The number of thioether (sulfide) groups is 1. The standard InChI is InChI=1S/C7H13NO3S/c1-5(9)6(4-12-3)8-7(10)11-2/h6H,4H2,1-3H3,(H,8,10)/t6-/m0/s1. The topological polar surface area (TPSA) is 55.4 Å². The van der Waals surface area contributed by atoms with E-state index in [1.54, 1.807) is 0 Å². The lowest BCUT2D eigenvalue weighted by atomic mass is 10.2. The molecule has 0 saturated carbocycles. The third kappa shape index (κ3) is 4.23. The van der Waals surface area contributed by atoms with E-state index < -0.39 is 12.1 Å². The van der Waals surface area contributed by atoms with Gasteiger partial charge in [-0.15, -0.1) is 0 Å². The molecule has 0 fully saturated rings. The van der Waals surface area contributed by atoms with Crippen molar-refractivity contribution >= 4 is 23.6 Å². The first-order chi connectivity index (χ1) is 5.61. The molecule has 70 valence electrons. The van der Waals surface area contributed by atoms with Crippen LogP contribution in [-0.2, 0) is 9.53 Å². The predicted molar refractivity (Wildman–Crippen MR) is 48.4 cm³/mol. The minimum Gasteiger partial charge on any atom is -0.453 e. The molecule has 0 aliphatic rings. The maximum atomic E-state index is 10.9. The summed E-state index contributed by atoms with van der Waals surface area (Å²) in [7, 11) is 1.27. The van der Waals surface area contributed by atoms with Crippen molar-refractivity contribution in [3.8, 4) is 0 Å². The summed E-state index contributed by atoms with van der Waals surface area (Å²) >= 11 is 1.50. The van der Waals surface area contributed by atoms with Gasteiger partial charge in [0, 0.05) is 5.75 Å². The molecule has 1 amide bonds. The van der Waals surface area contributed by atoms with Crippen molar-refractivity contribution in [2.45, 2.75) is 13.0 Å². The van der Waals surface area contributed by atoms with E-state index in [1.165, 1.54) is 25.8 Å². The van der Waals surface area contributed by atoms with Crippen LogP contribution >= 0.6 is 11.8 Å². The second-order valence-electron chi connectivity index (χ2n) is 2.25. The summed E-state index contributed by atoms with van der Waals surface area (Å²) in [6, 6.07) is -0.438. The van der Waals surface area contributed by atoms with Gasteiger partial charge in [-0.05, 0) is 13.2 Å². The number of alkyl carbamates (subject to hydrolysis) is 1. The van der Waals surface area contributed by atoms with Crippen LogP contribution in [0.15, 0.2) is 0 Å². The van der Waals surface area contributed by atoms with Gasteiger partial charge in [0.2, 0.25) is 0 Å². The molecule has 0 spiro atoms. The maximum Gasteiger partial charge on any atom is 0.407 e. The minimum atomic E-state index is -0.566. The van der Waals surface area contributed by atoms with Gasteiger partial charge < -0.3 is 10.1 Å². The molecule has 4 nitrogen and oxygen atoms in total. The Balaban J connectivity index is 3.95. The van der Waals surface area contributed by atoms with E-state index in [-0.39, 0.29) is 5.78 Å². The number of ether oxygens (including phenoxy) is 1. The number of rotatable bonds is 4. The van der Waals surface area contributed by atoms with Crippen molar-refractivity contribution in [2.75, 3.05) is 19.1 Å². The number of methoxy groups -OCH3 is 1. The molecule has 1 atom stereocenters. The Morgan fingerprint density at radius 2 is 2.17 bits per heavy atom. The fraction of sp³-hybridized carbons (Fsp3) is 0.714. The lowest BCUT2D eigenvalue weighted by Gasteiger charge is -2.12. The first-order valence-electron chi connectivity index (χ1n) is 3.45. The summed E-state index contributed by atoms with van der Waals surface area (Å²) in [5, 5.41) is 2.44. The highest BCUT2D eigenvalue weighted by Crippen LogP contribution is 1.98.